The van der Waals surface area contributed by atoms with E-state index in [1.54, 1.807) is 0 Å². The molecule has 0 bridgehead atoms. The first-order valence-corrected chi connectivity index (χ1v) is 3.56. The summed E-state index contributed by atoms with van der Waals surface area (Å²) in [6.45, 7) is 6.09. The Labute approximate surface area is 63.0 Å². The molecule has 0 heterocycles. The van der Waals surface area contributed by atoms with Gasteiger partial charge in [-0.3, -0.25) is 0 Å². The first-order valence-electron chi connectivity index (χ1n) is 3.56. The fraction of sp³-hybridized carbons (Fsp3) is 0.444. The van der Waals surface area contributed by atoms with Crippen LogP contribution in [0, 0.1) is 5.41 Å². The van der Waals surface area contributed by atoms with Gasteiger partial charge < -0.3 is 5.41 Å². The topological polar surface area (TPSA) is 23.9 Å². The maximum Gasteiger partial charge on any atom is 0.0207 e. The Balaban J connectivity index is 4.11. The predicted molar refractivity (Wildman–Crippen MR) is 46.6 cm³/mol. The summed E-state index contributed by atoms with van der Waals surface area (Å²) in [5.41, 5.74) is 2.24. The summed E-state index contributed by atoms with van der Waals surface area (Å²) in [6.07, 6.45) is 6.59. The van der Waals surface area contributed by atoms with Gasteiger partial charge in [0.15, 0.2) is 0 Å². The Morgan fingerprint density at radius 3 is 2.30 bits per heavy atom. The standard InChI is InChI=1S/C9H15N/c1-4-5-8(2)6-9(3)7-10/h5-7,10H,4H2,1-3H3/b8-5-,9-6-,10-7?. The number of rotatable bonds is 3. The highest BCUT2D eigenvalue weighted by Crippen LogP contribution is 2.00. The number of hydrogen-bond acceptors (Lipinski definition) is 1. The Hall–Kier alpha value is -0.850. The van der Waals surface area contributed by atoms with Crippen LogP contribution in [0.2, 0.25) is 0 Å². The van der Waals surface area contributed by atoms with Gasteiger partial charge in [-0.25, -0.2) is 0 Å². The van der Waals surface area contributed by atoms with E-state index in [4.69, 9.17) is 5.41 Å². The molecule has 0 saturated heterocycles. The summed E-state index contributed by atoms with van der Waals surface area (Å²) in [5, 5.41) is 6.91. The molecule has 0 radical (unpaired) electrons. The summed E-state index contributed by atoms with van der Waals surface area (Å²) in [7, 11) is 0. The minimum Gasteiger partial charge on any atom is -0.308 e. The van der Waals surface area contributed by atoms with Crippen LogP contribution in [0.1, 0.15) is 27.2 Å². The second kappa shape index (κ2) is 4.98. The maximum atomic E-state index is 6.91. The van der Waals surface area contributed by atoms with Crippen molar-refractivity contribution >= 4 is 6.21 Å². The Morgan fingerprint density at radius 2 is 1.90 bits per heavy atom. The molecule has 0 unspecified atom stereocenters. The average molecular weight is 137 g/mol. The van der Waals surface area contributed by atoms with Crippen LogP contribution in [0.15, 0.2) is 23.3 Å². The molecule has 0 amide bonds. The van der Waals surface area contributed by atoms with E-state index < -0.39 is 0 Å². The molecule has 0 rings (SSSR count). The van der Waals surface area contributed by atoms with Crippen molar-refractivity contribution in [1.82, 2.24) is 0 Å². The van der Waals surface area contributed by atoms with Gasteiger partial charge in [0.05, 0.1) is 0 Å². The fourth-order valence-corrected chi connectivity index (χ4v) is 0.782. The smallest absolute Gasteiger partial charge is 0.0207 e. The van der Waals surface area contributed by atoms with E-state index in [1.807, 2.05) is 13.0 Å². The lowest BCUT2D eigenvalue weighted by atomic mass is 10.2. The summed E-state index contributed by atoms with van der Waals surface area (Å²) in [6, 6.07) is 0. The molecule has 1 heteroatoms. The molecule has 56 valence electrons. The van der Waals surface area contributed by atoms with Gasteiger partial charge in [-0.1, -0.05) is 24.6 Å². The van der Waals surface area contributed by atoms with Crippen molar-refractivity contribution in [3.63, 3.8) is 0 Å². The molecular weight excluding hydrogens is 122 g/mol. The number of hydrogen-bond donors (Lipinski definition) is 1. The molecule has 0 saturated carbocycles. The quantitative estimate of drug-likeness (QED) is 0.457. The molecule has 1 N–H and O–H groups in total. The van der Waals surface area contributed by atoms with E-state index in [9.17, 15) is 0 Å². The van der Waals surface area contributed by atoms with E-state index in [0.29, 0.717) is 0 Å². The van der Waals surface area contributed by atoms with Gasteiger partial charge in [0.1, 0.15) is 0 Å². The molecule has 0 aliphatic carbocycles. The van der Waals surface area contributed by atoms with Crippen molar-refractivity contribution in [1.29, 1.82) is 5.41 Å². The van der Waals surface area contributed by atoms with Gasteiger partial charge in [0.25, 0.3) is 0 Å². The van der Waals surface area contributed by atoms with Gasteiger partial charge in [0.2, 0.25) is 0 Å². The van der Waals surface area contributed by atoms with Crippen LogP contribution in [0.4, 0.5) is 0 Å². The molecule has 0 aromatic rings. The van der Waals surface area contributed by atoms with Crippen LogP contribution >= 0.6 is 0 Å². The highest BCUT2D eigenvalue weighted by Gasteiger charge is 1.82. The van der Waals surface area contributed by atoms with Gasteiger partial charge >= 0.3 is 0 Å². The van der Waals surface area contributed by atoms with E-state index in [0.717, 1.165) is 12.0 Å². The second-order valence-electron chi connectivity index (χ2n) is 2.39. The van der Waals surface area contributed by atoms with Gasteiger partial charge in [-0.15, -0.1) is 0 Å². The largest absolute Gasteiger partial charge is 0.308 e. The summed E-state index contributed by atoms with van der Waals surface area (Å²) in [5.74, 6) is 0. The Kier molecular flexibility index (Phi) is 4.55. The molecule has 0 aromatic heterocycles. The van der Waals surface area contributed by atoms with Crippen LogP contribution in [0.5, 0.6) is 0 Å². The lowest BCUT2D eigenvalue weighted by Crippen LogP contribution is -1.76. The zero-order valence-corrected chi connectivity index (χ0v) is 6.94. The Bertz CT molecular complexity index is 164. The number of allylic oxidation sites excluding steroid dienone is 4. The summed E-state index contributed by atoms with van der Waals surface area (Å²) >= 11 is 0. The van der Waals surface area contributed by atoms with Crippen molar-refractivity contribution < 1.29 is 0 Å². The first-order chi connectivity index (χ1) is 4.70. The van der Waals surface area contributed by atoms with Gasteiger partial charge in [-0.05, 0) is 25.8 Å². The molecular formula is C9H15N. The second-order valence-corrected chi connectivity index (χ2v) is 2.39. The summed E-state index contributed by atoms with van der Waals surface area (Å²) < 4.78 is 0. The third kappa shape index (κ3) is 4.07. The fourth-order valence-electron chi connectivity index (χ4n) is 0.782. The normalized spacial score (nSPS) is 13.5. The number of nitrogens with one attached hydrogen (secondary N) is 1. The maximum absolute atomic E-state index is 6.91. The van der Waals surface area contributed by atoms with Crippen LogP contribution in [-0.4, -0.2) is 6.21 Å². The van der Waals surface area contributed by atoms with Crippen LogP contribution in [0.25, 0.3) is 0 Å². The van der Waals surface area contributed by atoms with Gasteiger partial charge in [-0.2, -0.15) is 0 Å². The average Bonchev–Trinajstić information content (AvgIpc) is 1.88. The molecule has 0 aromatic carbocycles. The highest BCUT2D eigenvalue weighted by molar-refractivity contribution is 5.75. The van der Waals surface area contributed by atoms with Crippen LogP contribution in [0.3, 0.4) is 0 Å². The lowest BCUT2D eigenvalue weighted by molar-refractivity contribution is 1.19. The first kappa shape index (κ1) is 9.15. The van der Waals surface area contributed by atoms with E-state index in [2.05, 4.69) is 19.9 Å². The highest BCUT2D eigenvalue weighted by atomic mass is 14.3. The van der Waals surface area contributed by atoms with Crippen LogP contribution < -0.4 is 0 Å². The SMILES string of the molecule is CC/C=C(C)\C=C(\C)C=N. The van der Waals surface area contributed by atoms with Crippen molar-refractivity contribution in [2.75, 3.05) is 0 Å². The molecule has 0 spiro atoms. The van der Waals surface area contributed by atoms with E-state index in [-0.39, 0.29) is 0 Å². The van der Waals surface area contributed by atoms with Crippen molar-refractivity contribution in [3.8, 4) is 0 Å². The van der Waals surface area contributed by atoms with E-state index in [1.165, 1.54) is 11.8 Å². The monoisotopic (exact) mass is 137 g/mol. The van der Waals surface area contributed by atoms with E-state index >= 15 is 0 Å². The zero-order valence-electron chi connectivity index (χ0n) is 6.94. The van der Waals surface area contributed by atoms with Crippen molar-refractivity contribution in [2.24, 2.45) is 0 Å². The molecule has 10 heavy (non-hydrogen) atoms. The Morgan fingerprint density at radius 1 is 1.30 bits per heavy atom. The third-order valence-corrected chi connectivity index (χ3v) is 1.21. The van der Waals surface area contributed by atoms with Crippen molar-refractivity contribution in [2.45, 2.75) is 27.2 Å². The van der Waals surface area contributed by atoms with Gasteiger partial charge in [0, 0.05) is 6.21 Å². The third-order valence-electron chi connectivity index (χ3n) is 1.21. The summed E-state index contributed by atoms with van der Waals surface area (Å²) in [4.78, 5) is 0. The molecule has 0 fully saturated rings. The molecule has 1 nitrogen and oxygen atoms in total. The minimum atomic E-state index is 1.00. The molecule has 0 aliphatic rings. The van der Waals surface area contributed by atoms with Crippen molar-refractivity contribution in [3.05, 3.63) is 23.3 Å². The molecule has 0 atom stereocenters. The minimum absolute atomic E-state index is 1.00. The molecule has 0 aliphatic heterocycles. The lowest BCUT2D eigenvalue weighted by Gasteiger charge is -1.91. The zero-order chi connectivity index (χ0) is 7.98. The van der Waals surface area contributed by atoms with Crippen LogP contribution in [-0.2, 0) is 0 Å². The predicted octanol–water partition coefficient (Wildman–Crippen LogP) is 2.94.